The Hall–Kier alpha value is -3.73. The van der Waals surface area contributed by atoms with E-state index in [1.54, 1.807) is 36.2 Å². The van der Waals surface area contributed by atoms with Crippen LogP contribution in [0.4, 0.5) is 0 Å². The van der Waals surface area contributed by atoms with Gasteiger partial charge in [-0.15, -0.1) is 0 Å². The van der Waals surface area contributed by atoms with Gasteiger partial charge in [0, 0.05) is 20.0 Å². The third kappa shape index (κ3) is 4.12. The van der Waals surface area contributed by atoms with Crippen LogP contribution in [0.1, 0.15) is 37.4 Å². The molecule has 3 aromatic carbocycles. The summed E-state index contributed by atoms with van der Waals surface area (Å²) in [6.07, 6.45) is 0.267. The molecule has 3 aromatic rings. The van der Waals surface area contributed by atoms with Gasteiger partial charge in [-0.3, -0.25) is 19.3 Å². The van der Waals surface area contributed by atoms with Crippen LogP contribution in [0.5, 0.6) is 0 Å². The molecule has 0 saturated carbocycles. The molecule has 1 aliphatic rings. The molecule has 0 aliphatic carbocycles. The first-order chi connectivity index (χ1) is 15.0. The molecular weight excluding hydrogens is 388 g/mol. The van der Waals surface area contributed by atoms with Crippen LogP contribution >= 0.6 is 0 Å². The van der Waals surface area contributed by atoms with Crippen molar-refractivity contribution < 1.29 is 14.4 Å². The average molecular weight is 412 g/mol. The maximum atomic E-state index is 13.5. The third-order valence-electron chi connectivity index (χ3n) is 5.61. The zero-order valence-corrected chi connectivity index (χ0v) is 17.6. The Morgan fingerprint density at radius 1 is 0.806 bits per heavy atom. The van der Waals surface area contributed by atoms with Crippen molar-refractivity contribution >= 4 is 17.7 Å². The van der Waals surface area contributed by atoms with Crippen LogP contribution < -0.4 is 0 Å². The van der Waals surface area contributed by atoms with Crippen LogP contribution in [0.25, 0.3) is 0 Å². The highest BCUT2D eigenvalue weighted by Gasteiger charge is 2.43. The summed E-state index contributed by atoms with van der Waals surface area (Å²) in [5.41, 5.74) is 3.72. The van der Waals surface area contributed by atoms with Crippen LogP contribution in [-0.2, 0) is 17.8 Å². The van der Waals surface area contributed by atoms with Gasteiger partial charge < -0.3 is 4.90 Å². The lowest BCUT2D eigenvalue weighted by atomic mass is 10.0. The Labute approximate surface area is 181 Å². The minimum atomic E-state index is -0.912. The predicted octanol–water partition coefficient (Wildman–Crippen LogP) is 3.86. The summed E-state index contributed by atoms with van der Waals surface area (Å²) < 4.78 is 0. The number of amides is 3. The second-order valence-electron chi connectivity index (χ2n) is 7.91. The molecule has 0 N–H and O–H groups in total. The Balaban J connectivity index is 1.64. The molecule has 0 bridgehead atoms. The topological polar surface area (TPSA) is 57.7 Å². The number of nitrogens with zero attached hydrogens (tertiary/aromatic N) is 2. The Kier molecular flexibility index (Phi) is 5.67. The van der Waals surface area contributed by atoms with Crippen LogP contribution in [0, 0.1) is 6.92 Å². The summed E-state index contributed by atoms with van der Waals surface area (Å²) in [6, 6.07) is 23.2. The Morgan fingerprint density at radius 2 is 1.35 bits per heavy atom. The van der Waals surface area contributed by atoms with Crippen LogP contribution in [-0.4, -0.2) is 40.6 Å². The second kappa shape index (κ2) is 8.56. The monoisotopic (exact) mass is 412 g/mol. The molecule has 5 nitrogen and oxygen atoms in total. The van der Waals surface area contributed by atoms with Gasteiger partial charge in [-0.25, -0.2) is 0 Å². The first kappa shape index (κ1) is 20.5. The van der Waals surface area contributed by atoms with Gasteiger partial charge in [-0.05, 0) is 30.2 Å². The SMILES string of the molecule is Cc1ccc(CN(C)C(=O)[C@@H](Cc2ccccc2)N2C(=O)c3ccccc3C2=O)cc1. The highest BCUT2D eigenvalue weighted by atomic mass is 16.2. The van der Waals surface area contributed by atoms with Gasteiger partial charge in [0.1, 0.15) is 6.04 Å². The molecule has 0 fully saturated rings. The standard InChI is InChI=1S/C26H24N2O3/c1-18-12-14-20(15-13-18)17-27(2)26(31)23(16-19-8-4-3-5-9-19)28-24(29)21-10-6-7-11-22(21)25(28)30/h3-15,23H,16-17H2,1-2H3/t23-/m1/s1. The number of carbonyl (C=O) groups is 3. The number of hydrogen-bond donors (Lipinski definition) is 0. The predicted molar refractivity (Wildman–Crippen MR) is 119 cm³/mol. The number of rotatable bonds is 6. The molecule has 31 heavy (non-hydrogen) atoms. The minimum absolute atomic E-state index is 0.265. The molecule has 0 saturated heterocycles. The van der Waals surface area contributed by atoms with Crippen molar-refractivity contribution in [3.8, 4) is 0 Å². The molecular formula is C26H24N2O3. The molecule has 1 aliphatic heterocycles. The van der Waals surface area contributed by atoms with Crippen LogP contribution in [0.3, 0.4) is 0 Å². The second-order valence-corrected chi connectivity index (χ2v) is 7.91. The van der Waals surface area contributed by atoms with Crippen molar-refractivity contribution in [2.24, 2.45) is 0 Å². The third-order valence-corrected chi connectivity index (χ3v) is 5.61. The van der Waals surface area contributed by atoms with Gasteiger partial charge in [0.2, 0.25) is 5.91 Å². The van der Waals surface area contributed by atoms with Crippen molar-refractivity contribution in [2.45, 2.75) is 25.9 Å². The zero-order valence-electron chi connectivity index (χ0n) is 17.6. The van der Waals surface area contributed by atoms with E-state index in [0.717, 1.165) is 21.6 Å². The van der Waals surface area contributed by atoms with E-state index < -0.39 is 17.9 Å². The average Bonchev–Trinajstić information content (AvgIpc) is 3.04. The van der Waals surface area contributed by atoms with E-state index in [1.807, 2.05) is 61.5 Å². The largest absolute Gasteiger partial charge is 0.340 e. The fraction of sp³-hybridized carbons (Fsp3) is 0.192. The lowest BCUT2D eigenvalue weighted by Gasteiger charge is -2.29. The summed E-state index contributed by atoms with van der Waals surface area (Å²) in [5, 5.41) is 0. The molecule has 0 spiro atoms. The minimum Gasteiger partial charge on any atom is -0.340 e. The van der Waals surface area contributed by atoms with Gasteiger partial charge in [-0.2, -0.15) is 0 Å². The van der Waals surface area contributed by atoms with E-state index in [1.165, 1.54) is 0 Å². The summed E-state index contributed by atoms with van der Waals surface area (Å²) in [4.78, 5) is 42.4. The molecule has 156 valence electrons. The number of imide groups is 1. The molecule has 3 amide bonds. The maximum Gasteiger partial charge on any atom is 0.262 e. The fourth-order valence-corrected chi connectivity index (χ4v) is 3.92. The van der Waals surface area contributed by atoms with Gasteiger partial charge in [0.25, 0.3) is 11.8 Å². The summed E-state index contributed by atoms with van der Waals surface area (Å²) in [5.74, 6) is -1.10. The molecule has 5 heteroatoms. The van der Waals surface area contributed by atoms with E-state index in [9.17, 15) is 14.4 Å². The maximum absolute atomic E-state index is 13.5. The first-order valence-electron chi connectivity index (χ1n) is 10.3. The first-order valence-corrected chi connectivity index (χ1v) is 10.3. The van der Waals surface area contributed by atoms with E-state index in [-0.39, 0.29) is 12.3 Å². The molecule has 0 unspecified atom stereocenters. The van der Waals surface area contributed by atoms with Crippen LogP contribution in [0.2, 0.25) is 0 Å². The van der Waals surface area contributed by atoms with Crippen LogP contribution in [0.15, 0.2) is 78.9 Å². The number of fused-ring (bicyclic) bond motifs is 1. The summed E-state index contributed by atoms with van der Waals surface area (Å²) >= 11 is 0. The highest BCUT2D eigenvalue weighted by Crippen LogP contribution is 2.27. The van der Waals surface area contributed by atoms with Crippen molar-refractivity contribution in [3.63, 3.8) is 0 Å². The van der Waals surface area contributed by atoms with Gasteiger partial charge in [-0.1, -0.05) is 72.3 Å². The Bertz CT molecular complexity index is 1090. The van der Waals surface area contributed by atoms with E-state index >= 15 is 0 Å². The van der Waals surface area contributed by atoms with Gasteiger partial charge in [0.05, 0.1) is 11.1 Å². The van der Waals surface area contributed by atoms with Crippen molar-refractivity contribution in [2.75, 3.05) is 7.05 Å². The van der Waals surface area contributed by atoms with Gasteiger partial charge >= 0.3 is 0 Å². The molecule has 1 atom stereocenters. The fourth-order valence-electron chi connectivity index (χ4n) is 3.92. The van der Waals surface area contributed by atoms with Crippen molar-refractivity contribution in [1.29, 1.82) is 0 Å². The zero-order chi connectivity index (χ0) is 22.0. The van der Waals surface area contributed by atoms with E-state index in [4.69, 9.17) is 0 Å². The lowest BCUT2D eigenvalue weighted by Crippen LogP contribution is -2.51. The number of carbonyl (C=O) groups excluding carboxylic acids is 3. The normalized spacial score (nSPS) is 13.8. The lowest BCUT2D eigenvalue weighted by molar-refractivity contribution is -0.134. The highest BCUT2D eigenvalue weighted by molar-refractivity contribution is 6.22. The summed E-state index contributed by atoms with van der Waals surface area (Å²) in [6.45, 7) is 2.41. The molecule has 0 aromatic heterocycles. The molecule has 4 rings (SSSR count). The quantitative estimate of drug-likeness (QED) is 0.578. The Morgan fingerprint density at radius 3 is 1.94 bits per heavy atom. The van der Waals surface area contributed by atoms with Crippen molar-refractivity contribution in [1.82, 2.24) is 9.80 Å². The number of benzene rings is 3. The smallest absolute Gasteiger partial charge is 0.262 e. The molecule has 1 heterocycles. The van der Waals surface area contributed by atoms with E-state index in [2.05, 4.69) is 0 Å². The van der Waals surface area contributed by atoms with Crippen molar-refractivity contribution in [3.05, 3.63) is 107 Å². The number of likely N-dealkylation sites (N-methyl/N-ethyl adjacent to an activating group) is 1. The number of hydrogen-bond acceptors (Lipinski definition) is 3. The number of aryl methyl sites for hydroxylation is 1. The summed E-state index contributed by atoms with van der Waals surface area (Å²) in [7, 11) is 1.71. The van der Waals surface area contributed by atoms with E-state index in [0.29, 0.717) is 17.7 Å². The van der Waals surface area contributed by atoms with Gasteiger partial charge in [0.15, 0.2) is 0 Å². The molecule has 0 radical (unpaired) electrons.